The molecule has 1 aromatic carbocycles. The second-order valence-electron chi connectivity index (χ2n) is 6.52. The summed E-state index contributed by atoms with van der Waals surface area (Å²) < 4.78 is 0. The van der Waals surface area contributed by atoms with Crippen LogP contribution < -0.4 is 5.73 Å². The zero-order chi connectivity index (χ0) is 20.5. The third kappa shape index (κ3) is 4.28. The van der Waals surface area contributed by atoms with Crippen molar-refractivity contribution in [1.29, 1.82) is 10.7 Å². The number of rotatable bonds is 5. The van der Waals surface area contributed by atoms with Crippen molar-refractivity contribution >= 4 is 28.9 Å². The van der Waals surface area contributed by atoms with Crippen molar-refractivity contribution in [1.82, 2.24) is 4.98 Å². The summed E-state index contributed by atoms with van der Waals surface area (Å²) in [5.74, 6) is 0. The second-order valence-corrected chi connectivity index (χ2v) is 6.52. The van der Waals surface area contributed by atoms with Crippen LogP contribution in [0.15, 0.2) is 23.3 Å². The number of benzene rings is 1. The third-order valence-electron chi connectivity index (χ3n) is 4.91. The molecule has 0 bridgehead atoms. The van der Waals surface area contributed by atoms with Crippen molar-refractivity contribution in [3.63, 3.8) is 0 Å². The average molecular weight is 376 g/mol. The van der Waals surface area contributed by atoms with Gasteiger partial charge in [0.05, 0.1) is 30.2 Å². The first kappa shape index (κ1) is 21.3. The molecule has 5 heteroatoms. The Hall–Kier alpha value is -3.00. The molecule has 0 aliphatic heterocycles. The Balaban J connectivity index is 0.00000136. The molecule has 0 saturated carbocycles. The van der Waals surface area contributed by atoms with Crippen molar-refractivity contribution in [3.8, 4) is 6.07 Å². The molecule has 0 atom stereocenters. The Kier molecular flexibility index (Phi) is 7.88. The molecule has 0 amide bonds. The van der Waals surface area contributed by atoms with Crippen molar-refractivity contribution < 1.29 is 0 Å². The summed E-state index contributed by atoms with van der Waals surface area (Å²) in [5.41, 5.74) is 13.0. The fourth-order valence-corrected chi connectivity index (χ4v) is 3.64. The number of nitrogens with zero attached hydrogens (tertiary/aromatic N) is 3. The first-order valence-electron chi connectivity index (χ1n) is 9.95. The molecule has 28 heavy (non-hydrogen) atoms. The van der Waals surface area contributed by atoms with Crippen LogP contribution >= 0.6 is 0 Å². The Morgan fingerprint density at radius 1 is 1.29 bits per heavy atom. The smallest absolute Gasteiger partial charge is 0.0774 e. The Labute approximate surface area is 167 Å². The van der Waals surface area contributed by atoms with E-state index < -0.39 is 0 Å². The molecule has 0 unspecified atom stereocenters. The zero-order valence-corrected chi connectivity index (χ0v) is 17.0. The summed E-state index contributed by atoms with van der Waals surface area (Å²) in [6.45, 7) is 6.50. The quantitative estimate of drug-likeness (QED) is 0.583. The number of hydrogen-bond acceptors (Lipinski definition) is 5. The minimum Gasteiger partial charge on any atom is -0.404 e. The van der Waals surface area contributed by atoms with Gasteiger partial charge in [-0.15, -0.1) is 0 Å². The van der Waals surface area contributed by atoms with Crippen LogP contribution in [0.3, 0.4) is 0 Å². The van der Waals surface area contributed by atoms with Crippen molar-refractivity contribution in [2.75, 3.05) is 6.54 Å². The zero-order valence-electron chi connectivity index (χ0n) is 17.0. The van der Waals surface area contributed by atoms with E-state index in [1.807, 2.05) is 32.9 Å². The van der Waals surface area contributed by atoms with E-state index in [0.717, 1.165) is 59.0 Å². The lowest BCUT2D eigenvalue weighted by atomic mass is 9.84. The molecule has 0 radical (unpaired) electrons. The van der Waals surface area contributed by atoms with E-state index in [4.69, 9.17) is 21.4 Å². The van der Waals surface area contributed by atoms with Gasteiger partial charge in [-0.05, 0) is 55.4 Å². The third-order valence-corrected chi connectivity index (χ3v) is 4.91. The van der Waals surface area contributed by atoms with Crippen LogP contribution in [0.5, 0.6) is 0 Å². The normalized spacial score (nSPS) is 13.6. The molecule has 0 spiro atoms. The number of nitriles is 1. The topological polar surface area (TPSA) is 98.9 Å². The molecule has 0 fully saturated rings. The lowest BCUT2D eigenvalue weighted by Crippen LogP contribution is -2.12. The number of aromatic nitrogens is 1. The van der Waals surface area contributed by atoms with E-state index in [1.165, 1.54) is 17.3 Å². The number of hydrogen-bond donors (Lipinski definition) is 2. The predicted molar refractivity (Wildman–Crippen MR) is 118 cm³/mol. The molecule has 1 aliphatic rings. The number of nitrogens with two attached hydrogens (primary N) is 1. The van der Waals surface area contributed by atoms with Gasteiger partial charge in [0.15, 0.2) is 0 Å². The number of fused-ring (bicyclic) bond motifs is 3. The number of aliphatic imine (C=N–C) groups is 1. The number of pyridine rings is 1. The predicted octanol–water partition coefficient (Wildman–Crippen LogP) is 4.73. The fraction of sp³-hybridized carbons (Fsp3) is 0.391. The largest absolute Gasteiger partial charge is 0.404 e. The molecule has 1 heterocycles. The van der Waals surface area contributed by atoms with Crippen molar-refractivity contribution in [3.05, 3.63) is 46.3 Å². The van der Waals surface area contributed by atoms with E-state index in [-0.39, 0.29) is 0 Å². The van der Waals surface area contributed by atoms with Crippen LogP contribution in [0.4, 0.5) is 0 Å². The van der Waals surface area contributed by atoms with Crippen LogP contribution in [-0.2, 0) is 12.8 Å². The SMILES string of the molecule is CC.Cc1ccc2nc(/C(C=NCCC#N)=C/N)c3c(c2c1C=N)CCCC3. The number of nitrogens with one attached hydrogen (secondary N) is 1. The Morgan fingerprint density at radius 2 is 2.00 bits per heavy atom. The molecule has 2 aromatic rings. The molecular formula is C23H29N5. The Bertz CT molecular complexity index is 948. The molecule has 1 aliphatic carbocycles. The fourth-order valence-electron chi connectivity index (χ4n) is 3.64. The van der Waals surface area contributed by atoms with Gasteiger partial charge in [-0.2, -0.15) is 5.26 Å². The highest BCUT2D eigenvalue weighted by molar-refractivity contribution is 6.11. The monoisotopic (exact) mass is 375 g/mol. The van der Waals surface area contributed by atoms with E-state index in [0.29, 0.717) is 13.0 Å². The van der Waals surface area contributed by atoms with E-state index in [9.17, 15) is 0 Å². The van der Waals surface area contributed by atoms with Crippen molar-refractivity contribution in [2.24, 2.45) is 10.7 Å². The van der Waals surface area contributed by atoms with Gasteiger partial charge in [-0.3, -0.25) is 4.99 Å². The molecule has 3 rings (SSSR count). The van der Waals surface area contributed by atoms with Crippen LogP contribution in [0.25, 0.3) is 16.5 Å². The maximum Gasteiger partial charge on any atom is 0.0774 e. The second kappa shape index (κ2) is 10.4. The molecule has 1 aromatic heterocycles. The lowest BCUT2D eigenvalue weighted by Gasteiger charge is -2.23. The summed E-state index contributed by atoms with van der Waals surface area (Å²) in [6.07, 6.45) is 9.34. The maximum absolute atomic E-state index is 8.66. The first-order chi connectivity index (χ1) is 13.7. The maximum atomic E-state index is 8.66. The van der Waals surface area contributed by atoms with Crippen LogP contribution in [-0.4, -0.2) is 24.0 Å². The molecule has 3 N–H and O–H groups in total. The molecule has 0 saturated heterocycles. The van der Waals surface area contributed by atoms with Gasteiger partial charge in [0, 0.05) is 35.2 Å². The van der Waals surface area contributed by atoms with Gasteiger partial charge in [0.25, 0.3) is 0 Å². The Morgan fingerprint density at radius 3 is 2.64 bits per heavy atom. The summed E-state index contributed by atoms with van der Waals surface area (Å²) in [5, 5.41) is 17.6. The van der Waals surface area contributed by atoms with E-state index in [2.05, 4.69) is 11.1 Å². The standard InChI is InChI=1S/C21H23N5.C2H6/c1-14-7-8-19-20(18(14)12-24)16-5-2-3-6-17(16)21(26-19)15(11-23)13-25-10-4-9-22;1-2/h7-8,11-13,24H,2-6,10,23H2,1H3;1-2H3/b15-11+,24-12?,25-13?;. The first-order valence-corrected chi connectivity index (χ1v) is 9.95. The van der Waals surface area contributed by atoms with Crippen LogP contribution in [0, 0.1) is 23.7 Å². The summed E-state index contributed by atoms with van der Waals surface area (Å²) >= 11 is 0. The van der Waals surface area contributed by atoms with Gasteiger partial charge in [-0.1, -0.05) is 19.9 Å². The van der Waals surface area contributed by atoms with Gasteiger partial charge in [0.2, 0.25) is 0 Å². The average Bonchev–Trinajstić information content (AvgIpc) is 2.75. The van der Waals surface area contributed by atoms with Gasteiger partial charge < -0.3 is 11.1 Å². The molecule has 146 valence electrons. The molecular weight excluding hydrogens is 346 g/mol. The molecule has 5 nitrogen and oxygen atoms in total. The van der Waals surface area contributed by atoms with Crippen LogP contribution in [0.1, 0.15) is 61.1 Å². The highest BCUT2D eigenvalue weighted by Crippen LogP contribution is 2.34. The summed E-state index contributed by atoms with van der Waals surface area (Å²) in [4.78, 5) is 9.21. The minimum atomic E-state index is 0.388. The van der Waals surface area contributed by atoms with Crippen LogP contribution in [0.2, 0.25) is 0 Å². The van der Waals surface area contributed by atoms with Crippen molar-refractivity contribution in [2.45, 2.75) is 52.9 Å². The highest BCUT2D eigenvalue weighted by atomic mass is 14.7. The lowest BCUT2D eigenvalue weighted by molar-refractivity contribution is 0.686. The summed E-state index contributed by atoms with van der Waals surface area (Å²) in [6, 6.07) is 6.13. The summed E-state index contributed by atoms with van der Waals surface area (Å²) in [7, 11) is 0. The van der Waals surface area contributed by atoms with Gasteiger partial charge in [0.1, 0.15) is 0 Å². The minimum absolute atomic E-state index is 0.388. The van der Waals surface area contributed by atoms with Gasteiger partial charge >= 0.3 is 0 Å². The van der Waals surface area contributed by atoms with Gasteiger partial charge in [-0.25, -0.2) is 4.98 Å². The highest BCUT2D eigenvalue weighted by Gasteiger charge is 2.21. The number of allylic oxidation sites excluding steroid dienone is 1. The number of aryl methyl sites for hydroxylation is 2. The van der Waals surface area contributed by atoms with E-state index in [1.54, 1.807) is 12.4 Å². The van der Waals surface area contributed by atoms with E-state index >= 15 is 0 Å².